The van der Waals surface area contributed by atoms with Gasteiger partial charge in [-0.15, -0.1) is 0 Å². The van der Waals surface area contributed by atoms with Crippen LogP contribution < -0.4 is 5.32 Å². The Bertz CT molecular complexity index is 112. The third-order valence-corrected chi connectivity index (χ3v) is 1.13. The van der Waals surface area contributed by atoms with E-state index in [-0.39, 0.29) is 12.1 Å². The molecule has 2 amide bonds. The molecule has 0 heterocycles. The molecule has 1 N–H and O–H groups in total. The number of nitrogens with zero attached hydrogens (tertiary/aromatic N) is 1. The largest absolute Gasteiger partial charge is 0.340 e. The van der Waals surface area contributed by atoms with Crippen molar-refractivity contribution in [3.63, 3.8) is 0 Å². The first-order chi connectivity index (χ1) is 4.20. The summed E-state index contributed by atoms with van der Waals surface area (Å²) in [7, 11) is 0. The number of carbonyl (C=O) groups excluding carboxylic acids is 1. The molecule has 0 aromatic rings. The molecule has 1 unspecified atom stereocenters. The number of carbonyl (C=O) groups is 1. The number of rotatable bonds is 2. The van der Waals surface area contributed by atoms with Crippen molar-refractivity contribution in [2.45, 2.75) is 26.3 Å². The van der Waals surface area contributed by atoms with Gasteiger partial charge in [-0.3, -0.25) is 0 Å². The van der Waals surface area contributed by atoms with Crippen molar-refractivity contribution < 1.29 is 4.79 Å². The van der Waals surface area contributed by atoms with Crippen LogP contribution in [0.5, 0.6) is 0 Å². The molecular weight excluding hydrogens is 116 g/mol. The molecule has 1 atom stereocenters. The summed E-state index contributed by atoms with van der Waals surface area (Å²) in [5, 5.41) is 2.61. The summed E-state index contributed by atoms with van der Waals surface area (Å²) in [6, 6.07) is -0.146. The van der Waals surface area contributed by atoms with E-state index in [1.165, 1.54) is 0 Å². The molecule has 0 saturated carbocycles. The summed E-state index contributed by atoms with van der Waals surface area (Å²) < 4.78 is 0. The Balaban J connectivity index is 3.46. The Hall–Kier alpha value is -0.860. The van der Waals surface area contributed by atoms with E-state index in [4.69, 9.17) is 0 Å². The molecule has 0 aliphatic carbocycles. The van der Waals surface area contributed by atoms with E-state index in [1.54, 1.807) is 0 Å². The van der Waals surface area contributed by atoms with Crippen LogP contribution in [0, 0.1) is 0 Å². The van der Waals surface area contributed by atoms with Gasteiger partial charge in [0.25, 0.3) is 0 Å². The predicted octanol–water partition coefficient (Wildman–Crippen LogP) is 1.20. The highest BCUT2D eigenvalue weighted by Crippen LogP contribution is 1.87. The van der Waals surface area contributed by atoms with E-state index < -0.39 is 0 Å². The van der Waals surface area contributed by atoms with Crippen molar-refractivity contribution in [1.82, 2.24) is 5.32 Å². The molecule has 0 rings (SSSR count). The minimum atomic E-state index is -0.343. The predicted molar refractivity (Wildman–Crippen MR) is 37.8 cm³/mol. The second-order valence-corrected chi connectivity index (χ2v) is 1.92. The Morgan fingerprint density at radius 2 is 2.44 bits per heavy atom. The van der Waals surface area contributed by atoms with Gasteiger partial charge in [-0.2, -0.15) is 0 Å². The van der Waals surface area contributed by atoms with Gasteiger partial charge in [0, 0.05) is 6.04 Å². The molecule has 0 aromatic heterocycles. The minimum absolute atomic E-state index is 0.197. The van der Waals surface area contributed by atoms with Crippen LogP contribution in [0.1, 0.15) is 20.3 Å². The van der Waals surface area contributed by atoms with E-state index >= 15 is 0 Å². The lowest BCUT2D eigenvalue weighted by Crippen LogP contribution is -2.29. The highest BCUT2D eigenvalue weighted by atomic mass is 16.2. The van der Waals surface area contributed by atoms with Gasteiger partial charge in [0.15, 0.2) is 0 Å². The first-order valence-electron chi connectivity index (χ1n) is 2.98. The Morgan fingerprint density at radius 3 is 2.78 bits per heavy atom. The molecule has 52 valence electrons. The summed E-state index contributed by atoms with van der Waals surface area (Å²) in [5.74, 6) is 0. The van der Waals surface area contributed by atoms with Crippen LogP contribution in [-0.4, -0.2) is 18.8 Å². The summed E-state index contributed by atoms with van der Waals surface area (Å²) in [4.78, 5) is 13.6. The van der Waals surface area contributed by atoms with Gasteiger partial charge in [-0.1, -0.05) is 6.92 Å². The fourth-order valence-corrected chi connectivity index (χ4v) is 0.358. The second kappa shape index (κ2) is 4.06. The molecule has 3 nitrogen and oxygen atoms in total. The van der Waals surface area contributed by atoms with Gasteiger partial charge in [0.1, 0.15) is 0 Å². The third-order valence-electron chi connectivity index (χ3n) is 1.13. The normalized spacial score (nSPS) is 12.2. The number of hydrogen-bond acceptors (Lipinski definition) is 1. The Labute approximate surface area is 55.2 Å². The van der Waals surface area contributed by atoms with Crippen molar-refractivity contribution >= 4 is 12.7 Å². The van der Waals surface area contributed by atoms with Gasteiger partial charge in [-0.25, -0.2) is 9.79 Å². The van der Waals surface area contributed by atoms with Crippen molar-refractivity contribution in [1.29, 1.82) is 0 Å². The highest BCUT2D eigenvalue weighted by Gasteiger charge is 1.99. The summed E-state index contributed by atoms with van der Waals surface area (Å²) in [6.45, 7) is 7.00. The number of aliphatic imine (C=N–C) groups is 1. The van der Waals surface area contributed by atoms with E-state index in [0.717, 1.165) is 6.42 Å². The lowest BCUT2D eigenvalue weighted by atomic mass is 10.3. The van der Waals surface area contributed by atoms with E-state index in [0.29, 0.717) is 0 Å². The quantitative estimate of drug-likeness (QED) is 0.558. The molecule has 0 aliphatic heterocycles. The smallest absolute Gasteiger partial charge is 0.334 e. The SMILES string of the molecule is C=NC(=O)NC(C)CC. The van der Waals surface area contributed by atoms with Gasteiger partial charge in [-0.05, 0) is 20.1 Å². The van der Waals surface area contributed by atoms with Crippen LogP contribution in [0.4, 0.5) is 4.79 Å². The van der Waals surface area contributed by atoms with Gasteiger partial charge < -0.3 is 5.32 Å². The fraction of sp³-hybridized carbons (Fsp3) is 0.667. The van der Waals surface area contributed by atoms with Gasteiger partial charge in [0.2, 0.25) is 0 Å². The molecule has 0 aromatic carbocycles. The summed E-state index contributed by atoms with van der Waals surface area (Å²) in [5.41, 5.74) is 0. The first-order valence-corrected chi connectivity index (χ1v) is 2.98. The maximum atomic E-state index is 10.4. The van der Waals surface area contributed by atoms with Crippen LogP contribution in [0.25, 0.3) is 0 Å². The Morgan fingerprint density at radius 1 is 1.89 bits per heavy atom. The van der Waals surface area contributed by atoms with E-state index in [1.807, 2.05) is 13.8 Å². The molecule has 0 spiro atoms. The number of amides is 2. The standard InChI is InChI=1S/C6H12N2O/c1-4-5(2)8-6(9)7-3/h5H,3-4H2,1-2H3,(H,8,9). The number of hydrogen-bond donors (Lipinski definition) is 1. The van der Waals surface area contributed by atoms with E-state index in [9.17, 15) is 4.79 Å². The van der Waals surface area contributed by atoms with Crippen LogP contribution in [-0.2, 0) is 0 Å². The van der Waals surface area contributed by atoms with Crippen LogP contribution >= 0.6 is 0 Å². The molecule has 0 saturated heterocycles. The van der Waals surface area contributed by atoms with E-state index in [2.05, 4.69) is 17.0 Å². The molecule has 0 aliphatic rings. The molecule has 0 bridgehead atoms. The van der Waals surface area contributed by atoms with Crippen molar-refractivity contribution in [3.05, 3.63) is 0 Å². The maximum Gasteiger partial charge on any atom is 0.340 e. The molecule has 3 heteroatoms. The van der Waals surface area contributed by atoms with Crippen molar-refractivity contribution in [2.24, 2.45) is 4.99 Å². The van der Waals surface area contributed by atoms with Crippen molar-refractivity contribution in [3.8, 4) is 0 Å². The van der Waals surface area contributed by atoms with Crippen LogP contribution in [0.3, 0.4) is 0 Å². The zero-order valence-corrected chi connectivity index (χ0v) is 5.85. The first kappa shape index (κ1) is 8.14. The average molecular weight is 128 g/mol. The molecule has 0 radical (unpaired) electrons. The fourth-order valence-electron chi connectivity index (χ4n) is 0.358. The minimum Gasteiger partial charge on any atom is -0.334 e. The van der Waals surface area contributed by atoms with Crippen molar-refractivity contribution in [2.75, 3.05) is 0 Å². The van der Waals surface area contributed by atoms with Gasteiger partial charge in [0.05, 0.1) is 0 Å². The van der Waals surface area contributed by atoms with Crippen LogP contribution in [0.2, 0.25) is 0 Å². The highest BCUT2D eigenvalue weighted by molar-refractivity contribution is 5.78. The zero-order chi connectivity index (χ0) is 7.28. The Kier molecular flexibility index (Phi) is 3.67. The average Bonchev–Trinajstić information content (AvgIpc) is 1.87. The molecule has 9 heavy (non-hydrogen) atoms. The lowest BCUT2D eigenvalue weighted by molar-refractivity contribution is 0.246. The third kappa shape index (κ3) is 3.70. The number of nitrogens with one attached hydrogen (secondary N) is 1. The van der Waals surface area contributed by atoms with Gasteiger partial charge >= 0.3 is 6.03 Å². The topological polar surface area (TPSA) is 41.5 Å². The zero-order valence-electron chi connectivity index (χ0n) is 5.85. The second-order valence-electron chi connectivity index (χ2n) is 1.92. The van der Waals surface area contributed by atoms with Crippen LogP contribution in [0.15, 0.2) is 4.99 Å². The summed E-state index contributed by atoms with van der Waals surface area (Å²) >= 11 is 0. The maximum absolute atomic E-state index is 10.4. The molecular formula is C6H12N2O. The summed E-state index contributed by atoms with van der Waals surface area (Å²) in [6.07, 6.45) is 0.918. The lowest BCUT2D eigenvalue weighted by Gasteiger charge is -2.06. The number of urea groups is 1. The molecule has 0 fully saturated rings. The monoisotopic (exact) mass is 128 g/mol.